The fraction of sp³-hybridized carbons (Fsp3) is 0.654. The molecule has 2 heterocycles. The summed E-state index contributed by atoms with van der Waals surface area (Å²) >= 11 is 0. The van der Waals surface area contributed by atoms with Crippen molar-refractivity contribution in [3.8, 4) is 5.75 Å². The highest BCUT2D eigenvalue weighted by molar-refractivity contribution is 5.90. The molecule has 2 saturated heterocycles. The normalized spacial score (nSPS) is 20.6. The number of urea groups is 1. The molecule has 4 amide bonds. The van der Waals surface area contributed by atoms with Crippen molar-refractivity contribution in [1.82, 2.24) is 25.8 Å². The molecule has 208 valence electrons. The van der Waals surface area contributed by atoms with Crippen molar-refractivity contribution in [2.24, 2.45) is 5.41 Å². The number of likely N-dealkylation sites (N-methyl/N-ethyl adjacent to an activating group) is 1. The number of halogens is 2. The molecule has 0 radical (unpaired) electrons. The summed E-state index contributed by atoms with van der Waals surface area (Å²) in [6.45, 7) is 12.8. The van der Waals surface area contributed by atoms with Crippen LogP contribution >= 0.6 is 0 Å². The number of hydrogen-bond acceptors (Lipinski definition) is 5. The van der Waals surface area contributed by atoms with E-state index in [4.69, 9.17) is 5.11 Å². The standard InChI is InChI=1S/C20H37N5O3.C6H4F2O/c1-12(2)22-19(28)25-11-9-14-15(25)8-10-24(14)18(27)16(20(4,5)6)23-17(26)13(3)21-7;7-5-2-1-4(9)3-6(5)8/h12-16,21H,8-11H2,1-7H3,(H,22,28)(H,23,26);1-3,9H/t13-,14?,15+,16?;/m0./s1. The number of fused-ring (bicyclic) bond motifs is 1. The van der Waals surface area contributed by atoms with Gasteiger partial charge >= 0.3 is 6.03 Å². The predicted octanol–water partition coefficient (Wildman–Crippen LogP) is 2.59. The summed E-state index contributed by atoms with van der Waals surface area (Å²) in [5.74, 6) is -2.49. The summed E-state index contributed by atoms with van der Waals surface area (Å²) in [6, 6.07) is 1.79. The third-order valence-electron chi connectivity index (χ3n) is 6.66. The summed E-state index contributed by atoms with van der Waals surface area (Å²) in [7, 11) is 1.72. The Balaban J connectivity index is 0.000000449. The van der Waals surface area contributed by atoms with Crippen molar-refractivity contribution < 1.29 is 28.3 Å². The number of benzene rings is 1. The molecule has 0 aromatic heterocycles. The first-order chi connectivity index (χ1) is 17.2. The van der Waals surface area contributed by atoms with Gasteiger partial charge in [-0.1, -0.05) is 20.8 Å². The first-order valence-electron chi connectivity index (χ1n) is 12.7. The molecule has 4 N–H and O–H groups in total. The van der Waals surface area contributed by atoms with Gasteiger partial charge in [-0.15, -0.1) is 0 Å². The van der Waals surface area contributed by atoms with Crippen LogP contribution in [0.25, 0.3) is 0 Å². The first-order valence-corrected chi connectivity index (χ1v) is 12.7. The topological polar surface area (TPSA) is 114 Å². The second kappa shape index (κ2) is 12.5. The maximum absolute atomic E-state index is 13.4. The number of nitrogens with one attached hydrogen (secondary N) is 3. The fourth-order valence-electron chi connectivity index (χ4n) is 4.54. The molecule has 4 atom stereocenters. The van der Waals surface area contributed by atoms with E-state index in [0.717, 1.165) is 31.0 Å². The van der Waals surface area contributed by atoms with Crippen LogP contribution in [0.1, 0.15) is 54.4 Å². The molecule has 37 heavy (non-hydrogen) atoms. The zero-order chi connectivity index (χ0) is 28.1. The summed E-state index contributed by atoms with van der Waals surface area (Å²) in [6.07, 6.45) is 1.55. The Kier molecular flexibility index (Phi) is 10.3. The van der Waals surface area contributed by atoms with Gasteiger partial charge in [0.25, 0.3) is 0 Å². The molecule has 9 nitrogen and oxygen atoms in total. The summed E-state index contributed by atoms with van der Waals surface area (Å²) in [4.78, 5) is 42.0. The highest BCUT2D eigenvalue weighted by Crippen LogP contribution is 2.34. The highest BCUT2D eigenvalue weighted by atomic mass is 19.2. The minimum atomic E-state index is -1.03. The van der Waals surface area contributed by atoms with Crippen LogP contribution in [0, 0.1) is 17.0 Å². The average molecular weight is 526 g/mol. The van der Waals surface area contributed by atoms with Crippen LogP contribution in [0.15, 0.2) is 18.2 Å². The van der Waals surface area contributed by atoms with Crippen molar-refractivity contribution in [3.63, 3.8) is 0 Å². The summed E-state index contributed by atoms with van der Waals surface area (Å²) < 4.78 is 24.1. The fourth-order valence-corrected chi connectivity index (χ4v) is 4.54. The van der Waals surface area contributed by atoms with E-state index in [1.165, 1.54) is 0 Å². The lowest BCUT2D eigenvalue weighted by Crippen LogP contribution is -2.58. The van der Waals surface area contributed by atoms with Crippen LogP contribution in [0.2, 0.25) is 0 Å². The Morgan fingerprint density at radius 3 is 2.03 bits per heavy atom. The van der Waals surface area contributed by atoms with Crippen molar-refractivity contribution >= 4 is 17.8 Å². The third kappa shape index (κ3) is 7.77. The molecule has 2 unspecified atom stereocenters. The number of nitrogens with zero attached hydrogens (tertiary/aromatic N) is 2. The average Bonchev–Trinajstić information content (AvgIpc) is 3.40. The Labute approximate surface area is 218 Å². The Morgan fingerprint density at radius 1 is 0.973 bits per heavy atom. The monoisotopic (exact) mass is 525 g/mol. The van der Waals surface area contributed by atoms with Crippen molar-refractivity contribution in [3.05, 3.63) is 29.8 Å². The van der Waals surface area contributed by atoms with Gasteiger partial charge in [0.1, 0.15) is 11.8 Å². The molecule has 2 aliphatic rings. The lowest BCUT2D eigenvalue weighted by molar-refractivity contribution is -0.140. The highest BCUT2D eigenvalue weighted by Gasteiger charge is 2.48. The minimum absolute atomic E-state index is 0.0221. The van der Waals surface area contributed by atoms with Crippen LogP contribution in [0.3, 0.4) is 0 Å². The quantitative estimate of drug-likeness (QED) is 0.472. The number of hydrogen-bond donors (Lipinski definition) is 4. The maximum atomic E-state index is 13.4. The van der Waals surface area contributed by atoms with Gasteiger partial charge in [0.05, 0.1) is 18.1 Å². The number of phenolic OH excluding ortho intramolecular Hbond substituents is 1. The predicted molar refractivity (Wildman–Crippen MR) is 137 cm³/mol. The van der Waals surface area contributed by atoms with E-state index in [2.05, 4.69) is 16.0 Å². The second-order valence-electron chi connectivity index (χ2n) is 11.0. The zero-order valence-corrected chi connectivity index (χ0v) is 22.8. The van der Waals surface area contributed by atoms with E-state index in [-0.39, 0.29) is 47.8 Å². The molecule has 0 saturated carbocycles. The van der Waals surface area contributed by atoms with E-state index in [0.29, 0.717) is 13.1 Å². The molecule has 0 bridgehead atoms. The van der Waals surface area contributed by atoms with E-state index in [9.17, 15) is 23.2 Å². The Bertz CT molecular complexity index is 969. The lowest BCUT2D eigenvalue weighted by atomic mass is 9.85. The molecule has 3 rings (SSSR count). The molecule has 0 spiro atoms. The van der Waals surface area contributed by atoms with E-state index < -0.39 is 23.1 Å². The summed E-state index contributed by atoms with van der Waals surface area (Å²) in [5, 5.41) is 17.3. The first kappa shape index (κ1) is 30.3. The van der Waals surface area contributed by atoms with Crippen LogP contribution in [-0.2, 0) is 9.59 Å². The number of likely N-dealkylation sites (tertiary alicyclic amines) is 2. The smallest absolute Gasteiger partial charge is 0.317 e. The maximum Gasteiger partial charge on any atom is 0.317 e. The SMILES string of the molecule is CN[C@@H](C)C(=O)NC(C(=O)N1CC[C@@H]2C1CCN2C(=O)NC(C)C)C(C)(C)C.Oc1ccc(F)c(F)c1. The van der Waals surface area contributed by atoms with E-state index in [1.54, 1.807) is 14.0 Å². The van der Waals surface area contributed by atoms with Gasteiger partial charge in [-0.05, 0) is 58.2 Å². The Hall–Kier alpha value is -2.95. The molecule has 0 aliphatic carbocycles. The number of carbonyl (C=O) groups is 3. The number of aromatic hydroxyl groups is 1. The van der Waals surface area contributed by atoms with E-state index in [1.807, 2.05) is 44.4 Å². The molecule has 1 aromatic carbocycles. The van der Waals surface area contributed by atoms with Gasteiger partial charge in [0.2, 0.25) is 11.8 Å². The van der Waals surface area contributed by atoms with Crippen molar-refractivity contribution in [2.75, 3.05) is 20.1 Å². The number of rotatable bonds is 5. The van der Waals surface area contributed by atoms with E-state index >= 15 is 0 Å². The largest absolute Gasteiger partial charge is 0.508 e. The zero-order valence-electron chi connectivity index (χ0n) is 22.8. The van der Waals surface area contributed by atoms with Crippen molar-refractivity contribution in [2.45, 2.75) is 84.6 Å². The molecular weight excluding hydrogens is 484 g/mol. The molecular formula is C26H41F2N5O4. The number of carbonyl (C=O) groups excluding carboxylic acids is 3. The van der Waals surface area contributed by atoms with Gasteiger partial charge in [-0.3, -0.25) is 9.59 Å². The number of amides is 4. The van der Waals surface area contributed by atoms with Crippen LogP contribution in [0.4, 0.5) is 13.6 Å². The molecule has 11 heteroatoms. The van der Waals surface area contributed by atoms with Gasteiger partial charge in [-0.2, -0.15) is 0 Å². The van der Waals surface area contributed by atoms with Crippen LogP contribution in [-0.4, -0.2) is 83.1 Å². The molecule has 2 fully saturated rings. The number of phenols is 1. The van der Waals surface area contributed by atoms with Gasteiger partial charge < -0.3 is 30.9 Å². The van der Waals surface area contributed by atoms with Gasteiger partial charge in [0.15, 0.2) is 11.6 Å². The minimum Gasteiger partial charge on any atom is -0.508 e. The van der Waals surface area contributed by atoms with Crippen LogP contribution < -0.4 is 16.0 Å². The lowest BCUT2D eigenvalue weighted by Gasteiger charge is -2.36. The van der Waals surface area contributed by atoms with Crippen molar-refractivity contribution in [1.29, 1.82) is 0 Å². The molecule has 2 aliphatic heterocycles. The summed E-state index contributed by atoms with van der Waals surface area (Å²) in [5.41, 5.74) is -0.411. The Morgan fingerprint density at radius 2 is 1.54 bits per heavy atom. The van der Waals surface area contributed by atoms with Gasteiger partial charge in [0, 0.05) is 25.2 Å². The third-order valence-corrected chi connectivity index (χ3v) is 6.66. The molecule has 1 aromatic rings. The van der Waals surface area contributed by atoms with Crippen LogP contribution in [0.5, 0.6) is 5.75 Å². The second-order valence-corrected chi connectivity index (χ2v) is 11.0. The van der Waals surface area contributed by atoms with Gasteiger partial charge in [-0.25, -0.2) is 13.6 Å².